The zero-order valence-corrected chi connectivity index (χ0v) is 12.0. The monoisotopic (exact) mass is 247 g/mol. The molecule has 17 heavy (non-hydrogen) atoms. The molecule has 0 amide bonds. The topological polar surface area (TPSA) is 50.7 Å². The maximum atomic E-state index is 9.34. The molecular weight excluding hydrogens is 218 g/mol. The lowest BCUT2D eigenvalue weighted by Gasteiger charge is -2.30. The van der Waals surface area contributed by atoms with Gasteiger partial charge in [0, 0.05) is 12.6 Å². The Morgan fingerprint density at radius 1 is 1.12 bits per heavy atom. The van der Waals surface area contributed by atoms with Gasteiger partial charge < -0.3 is 19.9 Å². The lowest BCUT2D eigenvalue weighted by atomic mass is 10.0. The lowest BCUT2D eigenvalue weighted by Crippen LogP contribution is -2.52. The Labute approximate surface area is 106 Å². The van der Waals surface area contributed by atoms with Gasteiger partial charge in [0.2, 0.25) is 0 Å². The van der Waals surface area contributed by atoms with Crippen molar-refractivity contribution < 1.29 is 14.6 Å². The van der Waals surface area contributed by atoms with Crippen LogP contribution in [0.2, 0.25) is 0 Å². The van der Waals surface area contributed by atoms with Crippen molar-refractivity contribution in [2.75, 3.05) is 33.0 Å². The zero-order chi connectivity index (χ0) is 13.3. The smallest absolute Gasteiger partial charge is 0.0701 e. The highest BCUT2D eigenvalue weighted by molar-refractivity contribution is 4.83. The molecule has 104 valence electrons. The van der Waals surface area contributed by atoms with E-state index in [1.54, 1.807) is 0 Å². The Morgan fingerprint density at radius 2 is 1.71 bits per heavy atom. The summed E-state index contributed by atoms with van der Waals surface area (Å²) in [6.45, 7) is 12.8. The van der Waals surface area contributed by atoms with Gasteiger partial charge in [-0.1, -0.05) is 27.7 Å². The van der Waals surface area contributed by atoms with E-state index in [4.69, 9.17) is 9.47 Å². The van der Waals surface area contributed by atoms with E-state index in [-0.39, 0.29) is 12.1 Å². The molecule has 0 fully saturated rings. The van der Waals surface area contributed by atoms with Crippen LogP contribution in [0.15, 0.2) is 0 Å². The van der Waals surface area contributed by atoms with Gasteiger partial charge in [0.15, 0.2) is 0 Å². The van der Waals surface area contributed by atoms with Crippen molar-refractivity contribution in [3.05, 3.63) is 0 Å². The Morgan fingerprint density at radius 3 is 2.18 bits per heavy atom. The van der Waals surface area contributed by atoms with Crippen LogP contribution in [0.1, 0.15) is 34.6 Å². The second kappa shape index (κ2) is 8.86. The Bertz CT molecular complexity index is 186. The third-order valence-corrected chi connectivity index (χ3v) is 2.23. The fraction of sp³-hybridized carbons (Fsp3) is 1.00. The molecule has 4 heteroatoms. The minimum Gasteiger partial charge on any atom is -0.394 e. The van der Waals surface area contributed by atoms with Crippen LogP contribution < -0.4 is 5.32 Å². The van der Waals surface area contributed by atoms with Crippen LogP contribution in [-0.2, 0) is 9.47 Å². The Balaban J connectivity index is 3.62. The summed E-state index contributed by atoms with van der Waals surface area (Å²) in [6.07, 6.45) is 0. The van der Waals surface area contributed by atoms with Crippen LogP contribution in [0.5, 0.6) is 0 Å². The normalized spacial score (nSPS) is 15.5. The number of rotatable bonds is 10. The number of hydrogen-bond donors (Lipinski definition) is 2. The molecule has 4 nitrogen and oxygen atoms in total. The molecule has 2 N–H and O–H groups in total. The zero-order valence-electron chi connectivity index (χ0n) is 12.0. The Hall–Kier alpha value is -0.160. The van der Waals surface area contributed by atoms with Crippen LogP contribution in [0.3, 0.4) is 0 Å². The lowest BCUT2D eigenvalue weighted by molar-refractivity contribution is 0.00168. The van der Waals surface area contributed by atoms with Crippen molar-refractivity contribution in [2.24, 2.45) is 5.92 Å². The predicted molar refractivity (Wildman–Crippen MR) is 70.2 cm³/mol. The van der Waals surface area contributed by atoms with Crippen molar-refractivity contribution in [1.82, 2.24) is 5.32 Å². The molecule has 0 bridgehead atoms. The molecule has 0 spiro atoms. The first kappa shape index (κ1) is 16.8. The molecule has 0 aromatic carbocycles. The summed E-state index contributed by atoms with van der Waals surface area (Å²) in [6, 6.07) is 0.327. The highest BCUT2D eigenvalue weighted by Crippen LogP contribution is 2.05. The summed E-state index contributed by atoms with van der Waals surface area (Å²) in [5, 5.41) is 12.6. The van der Waals surface area contributed by atoms with Crippen LogP contribution in [0.25, 0.3) is 0 Å². The summed E-state index contributed by atoms with van der Waals surface area (Å²) in [7, 11) is 0. The maximum absolute atomic E-state index is 9.34. The second-order valence-corrected chi connectivity index (χ2v) is 5.54. The number of hydrogen-bond acceptors (Lipinski definition) is 4. The van der Waals surface area contributed by atoms with E-state index in [0.29, 0.717) is 31.8 Å². The average Bonchev–Trinajstić information content (AvgIpc) is 2.22. The molecule has 0 rings (SSSR count). The van der Waals surface area contributed by atoms with Gasteiger partial charge >= 0.3 is 0 Å². The fourth-order valence-corrected chi connectivity index (χ4v) is 1.56. The molecule has 0 saturated carbocycles. The number of aliphatic hydroxyl groups excluding tert-OH is 1. The summed E-state index contributed by atoms with van der Waals surface area (Å²) in [5.41, 5.74) is -0.369. The first-order valence-electron chi connectivity index (χ1n) is 6.43. The standard InChI is InChI=1S/C13H29NO3/c1-11(2)8-16-6-7-17-10-13(5,9-15)14-12(3)4/h11-12,14-15H,6-10H2,1-5H3. The minimum absolute atomic E-state index is 0.0675. The van der Waals surface area contributed by atoms with E-state index in [1.807, 2.05) is 6.92 Å². The number of nitrogens with one attached hydrogen (secondary N) is 1. The number of ether oxygens (including phenoxy) is 2. The third-order valence-electron chi connectivity index (χ3n) is 2.23. The minimum atomic E-state index is -0.369. The molecule has 1 atom stereocenters. The van der Waals surface area contributed by atoms with Gasteiger partial charge in [-0.15, -0.1) is 0 Å². The fourth-order valence-electron chi connectivity index (χ4n) is 1.56. The van der Waals surface area contributed by atoms with Gasteiger partial charge in [-0.3, -0.25) is 0 Å². The summed E-state index contributed by atoms with van der Waals surface area (Å²) in [4.78, 5) is 0. The molecule has 0 radical (unpaired) electrons. The number of aliphatic hydroxyl groups is 1. The molecule has 1 unspecified atom stereocenters. The van der Waals surface area contributed by atoms with Gasteiger partial charge in [0.05, 0.1) is 32.0 Å². The van der Waals surface area contributed by atoms with E-state index in [1.165, 1.54) is 0 Å². The molecule has 0 heterocycles. The predicted octanol–water partition coefficient (Wildman–Crippen LogP) is 1.42. The van der Waals surface area contributed by atoms with E-state index in [0.717, 1.165) is 6.61 Å². The van der Waals surface area contributed by atoms with E-state index < -0.39 is 0 Å². The molecule has 0 saturated heterocycles. The van der Waals surface area contributed by atoms with Gasteiger partial charge in [0.1, 0.15) is 0 Å². The van der Waals surface area contributed by atoms with Gasteiger partial charge in [-0.25, -0.2) is 0 Å². The van der Waals surface area contributed by atoms with Crippen molar-refractivity contribution in [3.8, 4) is 0 Å². The SMILES string of the molecule is CC(C)COCCOCC(C)(CO)NC(C)C. The first-order chi connectivity index (χ1) is 7.89. The van der Waals surface area contributed by atoms with Crippen molar-refractivity contribution in [3.63, 3.8) is 0 Å². The van der Waals surface area contributed by atoms with Crippen LogP contribution in [-0.4, -0.2) is 49.7 Å². The third kappa shape index (κ3) is 9.53. The highest BCUT2D eigenvalue weighted by atomic mass is 16.5. The van der Waals surface area contributed by atoms with Gasteiger partial charge in [0.25, 0.3) is 0 Å². The van der Waals surface area contributed by atoms with Crippen molar-refractivity contribution in [2.45, 2.75) is 46.2 Å². The average molecular weight is 247 g/mol. The van der Waals surface area contributed by atoms with Crippen molar-refractivity contribution in [1.29, 1.82) is 0 Å². The van der Waals surface area contributed by atoms with Gasteiger partial charge in [-0.2, -0.15) is 0 Å². The van der Waals surface area contributed by atoms with Crippen LogP contribution >= 0.6 is 0 Å². The van der Waals surface area contributed by atoms with E-state index in [9.17, 15) is 5.11 Å². The molecule has 0 aliphatic rings. The largest absolute Gasteiger partial charge is 0.394 e. The van der Waals surface area contributed by atoms with Crippen molar-refractivity contribution >= 4 is 0 Å². The van der Waals surface area contributed by atoms with E-state index >= 15 is 0 Å². The van der Waals surface area contributed by atoms with Gasteiger partial charge in [-0.05, 0) is 12.8 Å². The molecule has 0 aliphatic carbocycles. The van der Waals surface area contributed by atoms with E-state index in [2.05, 4.69) is 33.0 Å². The quantitative estimate of drug-likeness (QED) is 0.573. The summed E-state index contributed by atoms with van der Waals surface area (Å²) in [5.74, 6) is 0.556. The Kier molecular flexibility index (Phi) is 8.78. The van der Waals surface area contributed by atoms with Crippen LogP contribution in [0, 0.1) is 5.92 Å². The first-order valence-corrected chi connectivity index (χ1v) is 6.43. The summed E-state index contributed by atoms with van der Waals surface area (Å²) < 4.78 is 10.9. The maximum Gasteiger partial charge on any atom is 0.0701 e. The van der Waals surface area contributed by atoms with Crippen LogP contribution in [0.4, 0.5) is 0 Å². The molecular formula is C13H29NO3. The summed E-state index contributed by atoms with van der Waals surface area (Å²) >= 11 is 0. The molecule has 0 aromatic heterocycles. The second-order valence-electron chi connectivity index (χ2n) is 5.54. The highest BCUT2D eigenvalue weighted by Gasteiger charge is 2.23. The molecule has 0 aliphatic heterocycles. The molecule has 0 aromatic rings.